The van der Waals surface area contributed by atoms with E-state index in [2.05, 4.69) is 19.2 Å². The molecule has 3 rings (SSSR count). The lowest BCUT2D eigenvalue weighted by molar-refractivity contribution is -0.129. The van der Waals surface area contributed by atoms with E-state index in [0.29, 0.717) is 0 Å². The first-order valence-electron chi connectivity index (χ1n) is 10.2. The molecule has 1 amide bonds. The Hall–Kier alpha value is -2.43. The van der Waals surface area contributed by atoms with Crippen LogP contribution in [0.15, 0.2) is 30.3 Å². The van der Waals surface area contributed by atoms with Gasteiger partial charge >= 0.3 is 0 Å². The molecule has 5 heteroatoms. The van der Waals surface area contributed by atoms with Gasteiger partial charge in [-0.2, -0.15) is 0 Å². The van der Waals surface area contributed by atoms with Gasteiger partial charge in [-0.3, -0.25) is 4.79 Å². The summed E-state index contributed by atoms with van der Waals surface area (Å²) in [6.07, 6.45) is 6.24. The molecular weight excluding hydrogens is 336 g/mol. The minimum atomic E-state index is 0.142. The minimum absolute atomic E-state index is 0.142. The number of rotatable bonds is 8. The Morgan fingerprint density at radius 1 is 1.04 bits per heavy atom. The summed E-state index contributed by atoms with van der Waals surface area (Å²) in [6, 6.07) is 10.1. The van der Waals surface area contributed by atoms with E-state index in [0.717, 1.165) is 74.5 Å². The number of nitrogens with one attached hydrogen (secondary N) is 1. The number of anilines is 1. The summed E-state index contributed by atoms with van der Waals surface area (Å²) < 4.78 is 0. The van der Waals surface area contributed by atoms with Crippen molar-refractivity contribution in [3.8, 4) is 11.4 Å². The number of benzene rings is 1. The smallest absolute Gasteiger partial charge is 0.241 e. The van der Waals surface area contributed by atoms with Gasteiger partial charge in [-0.25, -0.2) is 9.97 Å². The van der Waals surface area contributed by atoms with Crippen LogP contribution in [-0.2, 0) is 17.6 Å². The highest BCUT2D eigenvalue weighted by Crippen LogP contribution is 2.28. The molecule has 1 aliphatic carbocycles. The summed E-state index contributed by atoms with van der Waals surface area (Å²) in [7, 11) is 0. The summed E-state index contributed by atoms with van der Waals surface area (Å²) in [6.45, 7) is 6.13. The summed E-state index contributed by atoms with van der Waals surface area (Å²) >= 11 is 0. The molecule has 0 radical (unpaired) electrons. The van der Waals surface area contributed by atoms with Crippen molar-refractivity contribution in [3.05, 3.63) is 41.6 Å². The molecule has 27 heavy (non-hydrogen) atoms. The average molecular weight is 367 g/mol. The Kier molecular flexibility index (Phi) is 6.80. The number of fused-ring (bicyclic) bond motifs is 1. The maximum atomic E-state index is 12.6. The van der Waals surface area contributed by atoms with Crippen molar-refractivity contribution in [2.45, 2.75) is 52.4 Å². The number of hydrogen-bond donors (Lipinski definition) is 1. The van der Waals surface area contributed by atoms with E-state index >= 15 is 0 Å². The van der Waals surface area contributed by atoms with Gasteiger partial charge in [0.15, 0.2) is 5.82 Å². The first-order chi connectivity index (χ1) is 13.2. The van der Waals surface area contributed by atoms with Crippen molar-refractivity contribution in [2.24, 2.45) is 0 Å². The highest BCUT2D eigenvalue weighted by Gasteiger charge is 2.20. The third-order valence-electron chi connectivity index (χ3n) is 4.96. The largest absolute Gasteiger partial charge is 0.361 e. The minimum Gasteiger partial charge on any atom is -0.361 e. The predicted octanol–water partition coefficient (Wildman–Crippen LogP) is 4.08. The highest BCUT2D eigenvalue weighted by atomic mass is 16.2. The summed E-state index contributed by atoms with van der Waals surface area (Å²) in [5.74, 6) is 1.72. The highest BCUT2D eigenvalue weighted by molar-refractivity contribution is 5.81. The normalized spacial score (nSPS) is 13.1. The molecule has 1 aromatic heterocycles. The topological polar surface area (TPSA) is 58.1 Å². The molecule has 5 nitrogen and oxygen atoms in total. The van der Waals surface area contributed by atoms with Gasteiger partial charge in [0.2, 0.25) is 5.91 Å². The van der Waals surface area contributed by atoms with E-state index in [1.807, 2.05) is 35.2 Å². The van der Waals surface area contributed by atoms with E-state index in [9.17, 15) is 4.79 Å². The lowest BCUT2D eigenvalue weighted by Gasteiger charge is -2.23. The number of carbonyl (C=O) groups excluding carboxylic acids is 1. The van der Waals surface area contributed by atoms with Gasteiger partial charge in [-0.1, -0.05) is 44.2 Å². The third kappa shape index (κ3) is 4.85. The van der Waals surface area contributed by atoms with E-state index in [-0.39, 0.29) is 12.5 Å². The Labute approximate surface area is 162 Å². The number of amides is 1. The van der Waals surface area contributed by atoms with Crippen LogP contribution in [-0.4, -0.2) is 40.4 Å². The third-order valence-corrected chi connectivity index (χ3v) is 4.96. The second-order valence-corrected chi connectivity index (χ2v) is 7.13. The van der Waals surface area contributed by atoms with Gasteiger partial charge in [-0.15, -0.1) is 0 Å². The van der Waals surface area contributed by atoms with Gasteiger partial charge in [0.25, 0.3) is 0 Å². The Balaban J connectivity index is 1.82. The molecule has 0 saturated carbocycles. The number of aryl methyl sites for hydroxylation is 1. The molecule has 0 atom stereocenters. The fourth-order valence-electron chi connectivity index (χ4n) is 3.63. The van der Waals surface area contributed by atoms with E-state index in [1.165, 1.54) is 5.56 Å². The lowest BCUT2D eigenvalue weighted by atomic mass is 9.96. The summed E-state index contributed by atoms with van der Waals surface area (Å²) in [4.78, 5) is 24.2. The first-order valence-corrected chi connectivity index (χ1v) is 10.2. The van der Waals surface area contributed by atoms with Crippen molar-refractivity contribution in [2.75, 3.05) is 25.0 Å². The van der Waals surface area contributed by atoms with E-state index in [4.69, 9.17) is 9.97 Å². The molecule has 0 unspecified atom stereocenters. The lowest BCUT2D eigenvalue weighted by Crippen LogP contribution is -2.37. The van der Waals surface area contributed by atoms with Gasteiger partial charge in [0.05, 0.1) is 6.54 Å². The van der Waals surface area contributed by atoms with Gasteiger partial charge < -0.3 is 10.2 Å². The van der Waals surface area contributed by atoms with Gasteiger partial charge in [0, 0.05) is 29.9 Å². The fraction of sp³-hybridized carbons (Fsp3) is 0.500. The summed E-state index contributed by atoms with van der Waals surface area (Å²) in [5, 5.41) is 3.34. The van der Waals surface area contributed by atoms with Crippen molar-refractivity contribution >= 4 is 11.7 Å². The number of carbonyl (C=O) groups is 1. The van der Waals surface area contributed by atoms with Gasteiger partial charge in [-0.05, 0) is 38.5 Å². The quantitative estimate of drug-likeness (QED) is 0.765. The zero-order chi connectivity index (χ0) is 19.1. The van der Waals surface area contributed by atoms with Crippen LogP contribution in [0.25, 0.3) is 11.4 Å². The van der Waals surface area contributed by atoms with Crippen LogP contribution in [0.4, 0.5) is 5.82 Å². The van der Waals surface area contributed by atoms with E-state index in [1.54, 1.807) is 0 Å². The maximum absolute atomic E-state index is 12.6. The molecule has 0 bridgehead atoms. The van der Waals surface area contributed by atoms with Crippen molar-refractivity contribution in [1.82, 2.24) is 14.9 Å². The molecule has 0 saturated heterocycles. The first kappa shape index (κ1) is 19.3. The van der Waals surface area contributed by atoms with Crippen LogP contribution < -0.4 is 5.32 Å². The molecule has 144 valence electrons. The standard InChI is InChI=1S/C22H30N4O/c1-3-14-26(15-4-2)20(27)16-23-22-18-12-8-9-13-19(18)24-21(25-22)17-10-6-5-7-11-17/h5-7,10-11H,3-4,8-9,12-16H2,1-2H3,(H,23,24,25). The number of hydrogen-bond acceptors (Lipinski definition) is 4. The molecule has 0 aliphatic heterocycles. The molecule has 0 spiro atoms. The average Bonchev–Trinajstić information content (AvgIpc) is 2.72. The van der Waals surface area contributed by atoms with Crippen molar-refractivity contribution < 1.29 is 4.79 Å². The zero-order valence-electron chi connectivity index (χ0n) is 16.5. The molecular formula is C22H30N4O. The van der Waals surface area contributed by atoms with Gasteiger partial charge in [0.1, 0.15) is 5.82 Å². The van der Waals surface area contributed by atoms with Crippen LogP contribution in [0.5, 0.6) is 0 Å². The number of aromatic nitrogens is 2. The molecule has 0 fully saturated rings. The second-order valence-electron chi connectivity index (χ2n) is 7.13. The molecule has 1 heterocycles. The van der Waals surface area contributed by atoms with Crippen molar-refractivity contribution in [3.63, 3.8) is 0 Å². The zero-order valence-corrected chi connectivity index (χ0v) is 16.5. The van der Waals surface area contributed by atoms with Crippen LogP contribution >= 0.6 is 0 Å². The second kappa shape index (κ2) is 9.49. The van der Waals surface area contributed by atoms with Crippen LogP contribution in [0.2, 0.25) is 0 Å². The maximum Gasteiger partial charge on any atom is 0.241 e. The fourth-order valence-corrected chi connectivity index (χ4v) is 3.63. The number of nitrogens with zero attached hydrogens (tertiary/aromatic N) is 3. The Morgan fingerprint density at radius 2 is 1.74 bits per heavy atom. The summed E-state index contributed by atoms with van der Waals surface area (Å²) in [5.41, 5.74) is 3.33. The molecule has 2 aromatic rings. The molecule has 1 N–H and O–H groups in total. The molecule has 1 aromatic carbocycles. The predicted molar refractivity (Wildman–Crippen MR) is 110 cm³/mol. The van der Waals surface area contributed by atoms with Crippen LogP contribution in [0.1, 0.15) is 50.8 Å². The molecule has 1 aliphatic rings. The van der Waals surface area contributed by atoms with E-state index < -0.39 is 0 Å². The van der Waals surface area contributed by atoms with Crippen LogP contribution in [0.3, 0.4) is 0 Å². The Morgan fingerprint density at radius 3 is 2.44 bits per heavy atom. The SMILES string of the molecule is CCCN(CCC)C(=O)CNc1nc(-c2ccccc2)nc2c1CCCC2. The monoisotopic (exact) mass is 366 g/mol. The Bertz CT molecular complexity index is 754. The van der Waals surface area contributed by atoms with Crippen molar-refractivity contribution in [1.29, 1.82) is 0 Å². The van der Waals surface area contributed by atoms with Crippen LogP contribution in [0, 0.1) is 0 Å².